The first kappa shape index (κ1) is 19.0. The van der Waals surface area contributed by atoms with Crippen LogP contribution in [0.1, 0.15) is 47.6 Å². The summed E-state index contributed by atoms with van der Waals surface area (Å²) in [5, 5.41) is 5.26. The standard InChI is InChI=1S/C18H23N3O3S2/c1-13-19-17(12-25-13)18(22)20-14-8-10-16(11-9-14)26(23,24)21(2)15-6-4-3-5-7-15/h8-12,15H,3-7H2,1-2H3,(H,20,22). The number of carbonyl (C=O) groups is 1. The minimum absolute atomic E-state index is 0.0704. The van der Waals surface area contributed by atoms with Crippen molar-refractivity contribution in [3.8, 4) is 0 Å². The van der Waals surface area contributed by atoms with Crippen LogP contribution in [0.25, 0.3) is 0 Å². The van der Waals surface area contributed by atoms with Crippen molar-refractivity contribution in [2.75, 3.05) is 12.4 Å². The molecule has 0 saturated heterocycles. The zero-order valence-corrected chi connectivity index (χ0v) is 16.6. The van der Waals surface area contributed by atoms with Crippen molar-refractivity contribution in [2.24, 2.45) is 0 Å². The van der Waals surface area contributed by atoms with Gasteiger partial charge in [0.1, 0.15) is 5.69 Å². The number of sulfonamides is 1. The SMILES string of the molecule is Cc1nc(C(=O)Nc2ccc(S(=O)(=O)N(C)C3CCCCC3)cc2)cs1. The highest BCUT2D eigenvalue weighted by molar-refractivity contribution is 7.89. The third-order valence-corrected chi connectivity index (χ3v) is 7.43. The van der Waals surface area contributed by atoms with E-state index >= 15 is 0 Å². The van der Waals surface area contributed by atoms with Gasteiger partial charge in [-0.1, -0.05) is 19.3 Å². The predicted octanol–water partition coefficient (Wildman–Crippen LogP) is 3.66. The van der Waals surface area contributed by atoms with Crippen LogP contribution in [0.15, 0.2) is 34.5 Å². The molecule has 0 bridgehead atoms. The summed E-state index contributed by atoms with van der Waals surface area (Å²) in [6.45, 7) is 1.84. The second-order valence-corrected chi connectivity index (χ2v) is 9.60. The summed E-state index contributed by atoms with van der Waals surface area (Å²) < 4.78 is 27.1. The number of amides is 1. The summed E-state index contributed by atoms with van der Waals surface area (Å²) >= 11 is 1.41. The number of carbonyl (C=O) groups excluding carboxylic acids is 1. The molecule has 0 atom stereocenters. The molecular weight excluding hydrogens is 370 g/mol. The van der Waals surface area contributed by atoms with Crippen LogP contribution >= 0.6 is 11.3 Å². The molecule has 1 amide bonds. The monoisotopic (exact) mass is 393 g/mol. The molecule has 26 heavy (non-hydrogen) atoms. The molecule has 1 aromatic carbocycles. The van der Waals surface area contributed by atoms with Crippen molar-refractivity contribution < 1.29 is 13.2 Å². The van der Waals surface area contributed by atoms with E-state index in [1.807, 2.05) is 6.92 Å². The Morgan fingerprint density at radius 2 is 1.85 bits per heavy atom. The van der Waals surface area contributed by atoms with Gasteiger partial charge < -0.3 is 5.32 Å². The molecule has 1 aliphatic rings. The van der Waals surface area contributed by atoms with E-state index in [1.54, 1.807) is 24.6 Å². The molecular formula is C18H23N3O3S2. The molecule has 0 aliphatic heterocycles. The lowest BCUT2D eigenvalue weighted by Gasteiger charge is -2.30. The summed E-state index contributed by atoms with van der Waals surface area (Å²) in [5.74, 6) is -0.302. The first-order valence-electron chi connectivity index (χ1n) is 8.69. The molecule has 140 valence electrons. The Kier molecular flexibility index (Phi) is 5.74. The highest BCUT2D eigenvalue weighted by Crippen LogP contribution is 2.27. The molecule has 1 aliphatic carbocycles. The fourth-order valence-electron chi connectivity index (χ4n) is 3.18. The summed E-state index contributed by atoms with van der Waals surface area (Å²) in [6.07, 6.45) is 5.16. The zero-order chi connectivity index (χ0) is 18.7. The van der Waals surface area contributed by atoms with Crippen molar-refractivity contribution in [1.29, 1.82) is 0 Å². The Hall–Kier alpha value is -1.77. The molecule has 6 nitrogen and oxygen atoms in total. The summed E-state index contributed by atoms with van der Waals surface area (Å²) in [6, 6.07) is 6.37. The fourth-order valence-corrected chi connectivity index (χ4v) is 5.19. The number of aryl methyl sites for hydroxylation is 1. The molecule has 3 rings (SSSR count). The molecule has 0 radical (unpaired) electrons. The first-order valence-corrected chi connectivity index (χ1v) is 11.0. The summed E-state index contributed by atoms with van der Waals surface area (Å²) in [4.78, 5) is 16.5. The quantitative estimate of drug-likeness (QED) is 0.841. The van der Waals surface area contributed by atoms with Crippen LogP contribution in [0.4, 0.5) is 5.69 Å². The van der Waals surface area contributed by atoms with Gasteiger partial charge in [-0.3, -0.25) is 4.79 Å². The molecule has 1 saturated carbocycles. The Labute approximate surface area is 158 Å². The molecule has 1 aromatic heterocycles. The van der Waals surface area contributed by atoms with Crippen LogP contribution in [0, 0.1) is 6.92 Å². The van der Waals surface area contributed by atoms with Crippen LogP contribution in [0.3, 0.4) is 0 Å². The number of hydrogen-bond donors (Lipinski definition) is 1. The number of thiazole rings is 1. The van der Waals surface area contributed by atoms with Crippen molar-refractivity contribution in [3.05, 3.63) is 40.3 Å². The van der Waals surface area contributed by atoms with Crippen molar-refractivity contribution in [1.82, 2.24) is 9.29 Å². The maximum absolute atomic E-state index is 12.8. The predicted molar refractivity (Wildman–Crippen MR) is 103 cm³/mol. The Bertz CT molecular complexity index is 869. The maximum Gasteiger partial charge on any atom is 0.275 e. The molecule has 1 N–H and O–H groups in total. The number of anilines is 1. The Balaban J connectivity index is 1.70. The van der Waals surface area contributed by atoms with Gasteiger partial charge in [0.25, 0.3) is 5.91 Å². The van der Waals surface area contributed by atoms with Gasteiger partial charge in [0.15, 0.2) is 0 Å². The number of nitrogens with zero attached hydrogens (tertiary/aromatic N) is 2. The van der Waals surface area contributed by atoms with E-state index in [-0.39, 0.29) is 16.8 Å². The second-order valence-electron chi connectivity index (χ2n) is 6.54. The normalized spacial score (nSPS) is 16.0. The number of nitrogens with one attached hydrogen (secondary N) is 1. The van der Waals surface area contributed by atoms with Gasteiger partial charge in [0, 0.05) is 24.2 Å². The lowest BCUT2D eigenvalue weighted by Crippen LogP contribution is -2.38. The van der Waals surface area contributed by atoms with Gasteiger partial charge in [0.2, 0.25) is 10.0 Å². The van der Waals surface area contributed by atoms with Crippen LogP contribution in [0.5, 0.6) is 0 Å². The Morgan fingerprint density at radius 3 is 2.42 bits per heavy atom. The van der Waals surface area contributed by atoms with E-state index in [1.165, 1.54) is 34.2 Å². The molecule has 0 unspecified atom stereocenters. The molecule has 1 heterocycles. The van der Waals surface area contributed by atoms with Crippen LogP contribution < -0.4 is 5.32 Å². The molecule has 0 spiro atoms. The average Bonchev–Trinajstić information content (AvgIpc) is 3.09. The van der Waals surface area contributed by atoms with Gasteiger partial charge in [-0.05, 0) is 44.0 Å². The molecule has 1 fully saturated rings. The maximum atomic E-state index is 12.8. The van der Waals surface area contributed by atoms with Gasteiger partial charge in [-0.25, -0.2) is 13.4 Å². The number of benzene rings is 1. The minimum Gasteiger partial charge on any atom is -0.321 e. The first-order chi connectivity index (χ1) is 12.4. The minimum atomic E-state index is -3.52. The third kappa shape index (κ3) is 4.13. The average molecular weight is 394 g/mol. The van der Waals surface area contributed by atoms with E-state index in [4.69, 9.17) is 0 Å². The van der Waals surface area contributed by atoms with Crippen molar-refractivity contribution in [3.63, 3.8) is 0 Å². The van der Waals surface area contributed by atoms with Crippen LogP contribution in [-0.4, -0.2) is 36.7 Å². The van der Waals surface area contributed by atoms with E-state index in [9.17, 15) is 13.2 Å². The lowest BCUT2D eigenvalue weighted by atomic mass is 9.96. The van der Waals surface area contributed by atoms with E-state index < -0.39 is 10.0 Å². The number of hydrogen-bond acceptors (Lipinski definition) is 5. The zero-order valence-electron chi connectivity index (χ0n) is 14.9. The summed E-state index contributed by atoms with van der Waals surface area (Å²) in [7, 11) is -1.86. The van der Waals surface area contributed by atoms with E-state index in [0.717, 1.165) is 30.7 Å². The van der Waals surface area contributed by atoms with Crippen molar-refractivity contribution in [2.45, 2.75) is 50.0 Å². The van der Waals surface area contributed by atoms with Crippen LogP contribution in [0.2, 0.25) is 0 Å². The highest BCUT2D eigenvalue weighted by atomic mass is 32.2. The Morgan fingerprint density at radius 1 is 1.19 bits per heavy atom. The van der Waals surface area contributed by atoms with E-state index in [0.29, 0.717) is 11.4 Å². The highest BCUT2D eigenvalue weighted by Gasteiger charge is 2.28. The smallest absolute Gasteiger partial charge is 0.275 e. The van der Waals surface area contributed by atoms with Gasteiger partial charge >= 0.3 is 0 Å². The summed E-state index contributed by atoms with van der Waals surface area (Å²) in [5.41, 5.74) is 0.904. The van der Waals surface area contributed by atoms with Crippen LogP contribution in [-0.2, 0) is 10.0 Å². The topological polar surface area (TPSA) is 79.4 Å². The largest absolute Gasteiger partial charge is 0.321 e. The van der Waals surface area contributed by atoms with Crippen molar-refractivity contribution >= 4 is 33.0 Å². The second kappa shape index (κ2) is 7.85. The number of rotatable bonds is 5. The van der Waals surface area contributed by atoms with Gasteiger partial charge in [0.05, 0.1) is 9.90 Å². The number of aromatic nitrogens is 1. The van der Waals surface area contributed by atoms with Gasteiger partial charge in [-0.2, -0.15) is 4.31 Å². The van der Waals surface area contributed by atoms with Gasteiger partial charge in [-0.15, -0.1) is 11.3 Å². The fraction of sp³-hybridized carbons (Fsp3) is 0.444. The lowest BCUT2D eigenvalue weighted by molar-refractivity contribution is 0.102. The third-order valence-electron chi connectivity index (χ3n) is 4.73. The molecule has 2 aromatic rings. The van der Waals surface area contributed by atoms with E-state index in [2.05, 4.69) is 10.3 Å². The molecule has 8 heteroatoms.